The van der Waals surface area contributed by atoms with Crippen molar-refractivity contribution in [2.24, 2.45) is 0 Å². The average molecular weight is 377 g/mol. The van der Waals surface area contributed by atoms with Gasteiger partial charge >= 0.3 is 5.97 Å². The van der Waals surface area contributed by atoms with Crippen molar-refractivity contribution in [1.82, 2.24) is 9.55 Å². The predicted octanol–water partition coefficient (Wildman–Crippen LogP) is 3.35. The number of imidazole rings is 1. The van der Waals surface area contributed by atoms with Crippen LogP contribution in [0.1, 0.15) is 29.3 Å². The van der Waals surface area contributed by atoms with E-state index in [1.165, 1.54) is 7.11 Å². The molecule has 1 fully saturated rings. The van der Waals surface area contributed by atoms with Crippen LogP contribution in [0.3, 0.4) is 0 Å². The van der Waals surface area contributed by atoms with Crippen LogP contribution in [0, 0.1) is 13.8 Å². The van der Waals surface area contributed by atoms with Gasteiger partial charge in [-0.25, -0.2) is 4.98 Å². The third-order valence-corrected chi connectivity index (χ3v) is 5.40. The first-order valence-electron chi connectivity index (χ1n) is 9.38. The van der Waals surface area contributed by atoms with E-state index >= 15 is 0 Å². The number of para-hydroxylation sites is 3. The SMILES string of the molecule is COC(=O)Cn1c([C@H]2CC(=O)N(c3c(C)cccc3C)C2)nc2ccccc21. The highest BCUT2D eigenvalue weighted by Crippen LogP contribution is 2.35. The number of anilines is 1. The van der Waals surface area contributed by atoms with Crippen molar-refractivity contribution < 1.29 is 14.3 Å². The molecule has 0 saturated carbocycles. The Morgan fingerprint density at radius 1 is 1.14 bits per heavy atom. The minimum atomic E-state index is -0.333. The molecule has 0 bridgehead atoms. The standard InChI is InChI=1S/C22H23N3O3/c1-14-7-6-8-15(2)21(14)25-12-16(11-19(25)26)22-23-17-9-4-5-10-18(17)24(22)13-20(27)28-3/h4-10,16H,11-13H2,1-3H3/t16-/m0/s1. The molecule has 0 aliphatic carbocycles. The van der Waals surface area contributed by atoms with E-state index in [1.807, 2.05) is 65.8 Å². The second kappa shape index (κ2) is 7.11. The van der Waals surface area contributed by atoms with E-state index in [0.29, 0.717) is 13.0 Å². The number of rotatable bonds is 4. The summed E-state index contributed by atoms with van der Waals surface area (Å²) >= 11 is 0. The van der Waals surface area contributed by atoms with Crippen molar-refractivity contribution >= 4 is 28.6 Å². The molecule has 1 saturated heterocycles. The van der Waals surface area contributed by atoms with E-state index in [4.69, 9.17) is 9.72 Å². The fourth-order valence-electron chi connectivity index (χ4n) is 4.09. The Morgan fingerprint density at radius 2 is 1.86 bits per heavy atom. The van der Waals surface area contributed by atoms with E-state index in [0.717, 1.165) is 33.7 Å². The summed E-state index contributed by atoms with van der Waals surface area (Å²) in [6.07, 6.45) is 0.373. The summed E-state index contributed by atoms with van der Waals surface area (Å²) < 4.78 is 6.75. The molecule has 6 nitrogen and oxygen atoms in total. The minimum absolute atomic E-state index is 0.0800. The number of aryl methyl sites for hydroxylation is 2. The molecule has 0 spiro atoms. The summed E-state index contributed by atoms with van der Waals surface area (Å²) in [4.78, 5) is 31.5. The van der Waals surface area contributed by atoms with Crippen molar-refractivity contribution in [3.63, 3.8) is 0 Å². The Morgan fingerprint density at radius 3 is 2.57 bits per heavy atom. The molecular weight excluding hydrogens is 354 g/mol. The fraction of sp³-hybridized carbons (Fsp3) is 0.318. The fourth-order valence-corrected chi connectivity index (χ4v) is 4.09. The number of hydrogen-bond donors (Lipinski definition) is 0. The van der Waals surface area contributed by atoms with Crippen LogP contribution in [0.15, 0.2) is 42.5 Å². The maximum Gasteiger partial charge on any atom is 0.325 e. The maximum absolute atomic E-state index is 12.9. The van der Waals surface area contributed by atoms with E-state index in [9.17, 15) is 9.59 Å². The van der Waals surface area contributed by atoms with Crippen molar-refractivity contribution in [2.45, 2.75) is 32.7 Å². The first-order valence-corrected chi connectivity index (χ1v) is 9.38. The van der Waals surface area contributed by atoms with Gasteiger partial charge in [-0.15, -0.1) is 0 Å². The molecule has 28 heavy (non-hydrogen) atoms. The molecule has 1 aromatic heterocycles. The van der Waals surface area contributed by atoms with Gasteiger partial charge in [0.15, 0.2) is 0 Å². The number of ether oxygens (including phenoxy) is 1. The van der Waals surface area contributed by atoms with Crippen LogP contribution in [0.25, 0.3) is 11.0 Å². The van der Waals surface area contributed by atoms with Crippen LogP contribution in [0.2, 0.25) is 0 Å². The van der Waals surface area contributed by atoms with Crippen molar-refractivity contribution in [1.29, 1.82) is 0 Å². The maximum atomic E-state index is 12.9. The highest BCUT2D eigenvalue weighted by Gasteiger charge is 2.36. The van der Waals surface area contributed by atoms with Crippen LogP contribution in [-0.4, -0.2) is 35.1 Å². The van der Waals surface area contributed by atoms with Gasteiger partial charge in [-0.2, -0.15) is 0 Å². The van der Waals surface area contributed by atoms with Gasteiger partial charge in [0.2, 0.25) is 5.91 Å². The zero-order valence-electron chi connectivity index (χ0n) is 16.3. The van der Waals surface area contributed by atoms with Gasteiger partial charge in [0.05, 0.1) is 18.1 Å². The molecule has 1 aliphatic heterocycles. The van der Waals surface area contributed by atoms with Crippen molar-refractivity contribution in [3.05, 3.63) is 59.4 Å². The summed E-state index contributed by atoms with van der Waals surface area (Å²) in [5.74, 6) is 0.427. The summed E-state index contributed by atoms with van der Waals surface area (Å²) in [7, 11) is 1.38. The summed E-state index contributed by atoms with van der Waals surface area (Å²) in [6.45, 7) is 4.68. The first-order chi connectivity index (χ1) is 13.5. The Hall–Kier alpha value is -3.15. The number of carbonyl (C=O) groups is 2. The van der Waals surface area contributed by atoms with E-state index in [1.54, 1.807) is 0 Å². The topological polar surface area (TPSA) is 64.4 Å². The molecule has 1 atom stereocenters. The number of esters is 1. The third kappa shape index (κ3) is 3.05. The monoisotopic (exact) mass is 377 g/mol. The number of amides is 1. The van der Waals surface area contributed by atoms with Crippen LogP contribution in [0.4, 0.5) is 5.69 Å². The molecule has 1 amide bonds. The lowest BCUT2D eigenvalue weighted by Gasteiger charge is -2.21. The van der Waals surface area contributed by atoms with E-state index in [-0.39, 0.29) is 24.3 Å². The zero-order valence-corrected chi connectivity index (χ0v) is 16.3. The number of methoxy groups -OCH3 is 1. The van der Waals surface area contributed by atoms with Gasteiger partial charge in [0.25, 0.3) is 0 Å². The van der Waals surface area contributed by atoms with Gasteiger partial charge < -0.3 is 14.2 Å². The molecule has 3 aromatic rings. The highest BCUT2D eigenvalue weighted by atomic mass is 16.5. The Kier molecular flexibility index (Phi) is 4.63. The number of aromatic nitrogens is 2. The Bertz CT molecular complexity index is 1050. The normalized spacial score (nSPS) is 16.8. The first kappa shape index (κ1) is 18.2. The lowest BCUT2D eigenvalue weighted by Crippen LogP contribution is -2.26. The van der Waals surface area contributed by atoms with Gasteiger partial charge in [-0.3, -0.25) is 9.59 Å². The third-order valence-electron chi connectivity index (χ3n) is 5.40. The molecular formula is C22H23N3O3. The predicted molar refractivity (Wildman–Crippen MR) is 107 cm³/mol. The van der Waals surface area contributed by atoms with E-state index in [2.05, 4.69) is 0 Å². The van der Waals surface area contributed by atoms with Crippen LogP contribution < -0.4 is 4.90 Å². The van der Waals surface area contributed by atoms with Gasteiger partial charge in [-0.1, -0.05) is 30.3 Å². The zero-order chi connectivity index (χ0) is 19.8. The number of nitrogens with zero attached hydrogens (tertiary/aromatic N) is 3. The Balaban J connectivity index is 1.74. The van der Waals surface area contributed by atoms with Gasteiger partial charge in [-0.05, 0) is 37.1 Å². The average Bonchev–Trinajstić information content (AvgIpc) is 3.23. The smallest absolute Gasteiger partial charge is 0.325 e. The second-order valence-electron chi connectivity index (χ2n) is 7.27. The lowest BCUT2D eigenvalue weighted by molar-refractivity contribution is -0.141. The highest BCUT2D eigenvalue weighted by molar-refractivity contribution is 5.98. The molecule has 1 aliphatic rings. The molecule has 0 unspecified atom stereocenters. The van der Waals surface area contributed by atoms with Crippen LogP contribution in [-0.2, 0) is 20.9 Å². The van der Waals surface area contributed by atoms with Gasteiger partial charge in [0.1, 0.15) is 12.4 Å². The number of fused-ring (bicyclic) bond motifs is 1. The molecule has 2 heterocycles. The molecule has 4 rings (SSSR count). The van der Waals surface area contributed by atoms with Crippen LogP contribution in [0.5, 0.6) is 0 Å². The van der Waals surface area contributed by atoms with Gasteiger partial charge in [0, 0.05) is 24.6 Å². The largest absolute Gasteiger partial charge is 0.468 e. The molecule has 0 N–H and O–H groups in total. The molecule has 144 valence electrons. The van der Waals surface area contributed by atoms with Crippen LogP contribution >= 0.6 is 0 Å². The number of carbonyl (C=O) groups excluding carboxylic acids is 2. The molecule has 6 heteroatoms. The summed E-state index contributed by atoms with van der Waals surface area (Å²) in [5.41, 5.74) is 4.83. The van der Waals surface area contributed by atoms with Crippen molar-refractivity contribution in [3.8, 4) is 0 Å². The molecule has 0 radical (unpaired) electrons. The Labute approximate surface area is 163 Å². The summed E-state index contributed by atoms with van der Waals surface area (Å²) in [6, 6.07) is 13.8. The number of hydrogen-bond acceptors (Lipinski definition) is 4. The van der Waals surface area contributed by atoms with Crippen molar-refractivity contribution in [2.75, 3.05) is 18.6 Å². The lowest BCUT2D eigenvalue weighted by atomic mass is 10.1. The van der Waals surface area contributed by atoms with E-state index < -0.39 is 0 Å². The molecule has 2 aromatic carbocycles. The second-order valence-corrected chi connectivity index (χ2v) is 7.27. The quantitative estimate of drug-likeness (QED) is 0.654. The summed E-state index contributed by atoms with van der Waals surface area (Å²) in [5, 5.41) is 0. The number of benzene rings is 2. The minimum Gasteiger partial charge on any atom is -0.468 e.